The normalized spacial score (nSPS) is 11.0. The Balaban J connectivity index is 0.000000224. The lowest BCUT2D eigenvalue weighted by Gasteiger charge is -2.04. The summed E-state index contributed by atoms with van der Waals surface area (Å²) in [4.78, 5) is 31.2. The molecule has 256 valence electrons. The monoisotopic (exact) mass is 684 g/mol. The van der Waals surface area contributed by atoms with E-state index in [0.717, 1.165) is 32.7 Å². The Morgan fingerprint density at radius 3 is 1.29 bits per heavy atom. The molecular weight excluding hydrogens is 652 g/mol. The van der Waals surface area contributed by atoms with Crippen molar-refractivity contribution < 1.29 is 25.3 Å². The van der Waals surface area contributed by atoms with Crippen molar-refractivity contribution in [2.24, 2.45) is 20.4 Å². The SMILES string of the molecule is O.O=C(N/N=C/c1cccnc1)N/N=C/c1c(O)ccc2ccccc12.O=C(N/N=C/c1cccnc1)N/N=C/c1c(O)ccc2ccccc12. The van der Waals surface area contributed by atoms with Gasteiger partial charge in [0.25, 0.3) is 0 Å². The Morgan fingerprint density at radius 1 is 0.510 bits per heavy atom. The van der Waals surface area contributed by atoms with Crippen LogP contribution in [0, 0.1) is 0 Å². The Bertz CT molecular complexity index is 2040. The van der Waals surface area contributed by atoms with Gasteiger partial charge in [-0.15, -0.1) is 0 Å². The highest BCUT2D eigenvalue weighted by molar-refractivity contribution is 6.03. The molecule has 6 rings (SSSR count). The highest BCUT2D eigenvalue weighted by atomic mass is 16.3. The summed E-state index contributed by atoms with van der Waals surface area (Å²) in [6, 6.07) is 27.9. The minimum absolute atomic E-state index is 0. The fraction of sp³-hybridized carbons (Fsp3) is 0. The molecule has 0 atom stereocenters. The van der Waals surface area contributed by atoms with Crippen molar-refractivity contribution in [3.8, 4) is 11.5 Å². The number of nitrogens with zero attached hydrogens (tertiary/aromatic N) is 6. The number of benzene rings is 4. The van der Waals surface area contributed by atoms with Crippen LogP contribution < -0.4 is 21.7 Å². The molecule has 0 spiro atoms. The number of hydrogen-bond donors (Lipinski definition) is 6. The fourth-order valence-electron chi connectivity index (χ4n) is 4.44. The molecule has 0 saturated heterocycles. The number of aromatic hydroxyl groups is 2. The third-order valence-electron chi connectivity index (χ3n) is 6.74. The van der Waals surface area contributed by atoms with E-state index in [0.29, 0.717) is 11.1 Å². The summed E-state index contributed by atoms with van der Waals surface area (Å²) in [6.45, 7) is 0. The Labute approximate surface area is 291 Å². The van der Waals surface area contributed by atoms with Crippen molar-refractivity contribution in [1.29, 1.82) is 0 Å². The van der Waals surface area contributed by atoms with Crippen LogP contribution in [0.2, 0.25) is 0 Å². The average Bonchev–Trinajstić information content (AvgIpc) is 3.14. The van der Waals surface area contributed by atoms with Crippen molar-refractivity contribution >= 4 is 58.5 Å². The predicted octanol–water partition coefficient (Wildman–Crippen LogP) is 4.39. The Kier molecular flexibility index (Phi) is 13.3. The van der Waals surface area contributed by atoms with Crippen LogP contribution >= 0.6 is 0 Å². The van der Waals surface area contributed by atoms with E-state index in [1.165, 1.54) is 24.9 Å². The third-order valence-corrected chi connectivity index (χ3v) is 6.74. The molecule has 15 heteroatoms. The molecule has 0 aliphatic rings. The van der Waals surface area contributed by atoms with E-state index < -0.39 is 12.1 Å². The number of urea groups is 2. The highest BCUT2D eigenvalue weighted by Crippen LogP contribution is 2.26. The van der Waals surface area contributed by atoms with Gasteiger partial charge in [-0.05, 0) is 45.8 Å². The van der Waals surface area contributed by atoms with E-state index in [1.807, 2.05) is 60.7 Å². The maximum absolute atomic E-state index is 11.6. The topological polar surface area (TPSA) is 229 Å². The van der Waals surface area contributed by atoms with E-state index >= 15 is 0 Å². The Hall–Kier alpha value is -7.52. The van der Waals surface area contributed by atoms with Crippen LogP contribution in [0.15, 0.2) is 142 Å². The molecule has 0 radical (unpaired) electrons. The maximum Gasteiger partial charge on any atom is 0.355 e. The molecule has 0 saturated carbocycles. The number of aromatic nitrogens is 2. The zero-order chi connectivity index (χ0) is 35.0. The number of amides is 4. The van der Waals surface area contributed by atoms with Gasteiger partial charge in [0, 0.05) is 47.0 Å². The number of nitrogens with one attached hydrogen (secondary N) is 4. The Morgan fingerprint density at radius 2 is 0.902 bits per heavy atom. The number of rotatable bonds is 8. The van der Waals surface area contributed by atoms with Crippen molar-refractivity contribution in [1.82, 2.24) is 31.7 Å². The number of carbonyl (C=O) groups excluding carboxylic acids is 2. The van der Waals surface area contributed by atoms with Gasteiger partial charge in [0.2, 0.25) is 0 Å². The van der Waals surface area contributed by atoms with Gasteiger partial charge in [-0.2, -0.15) is 20.4 Å². The summed E-state index contributed by atoms with van der Waals surface area (Å²) in [5.41, 5.74) is 11.7. The smallest absolute Gasteiger partial charge is 0.355 e. The standard InChI is InChI=1S/2C18H15N5O2.H2O/c2*24-17-8-7-14-5-1-2-6-15(14)16(17)12-21-23-18(25)22-20-11-13-4-3-9-19-10-13;/h2*1-12,24H,(H2,22,23,25);1H2/b2*20-11+,21-12+;. The zero-order valence-electron chi connectivity index (χ0n) is 26.8. The molecule has 8 N–H and O–H groups in total. The van der Waals surface area contributed by atoms with Gasteiger partial charge in [0.05, 0.1) is 24.9 Å². The zero-order valence-corrected chi connectivity index (χ0v) is 26.8. The van der Waals surface area contributed by atoms with Gasteiger partial charge in [-0.1, -0.05) is 72.8 Å². The van der Waals surface area contributed by atoms with Crippen LogP contribution in [0.3, 0.4) is 0 Å². The highest BCUT2D eigenvalue weighted by Gasteiger charge is 2.06. The molecule has 51 heavy (non-hydrogen) atoms. The third kappa shape index (κ3) is 10.7. The molecule has 0 aliphatic heterocycles. The van der Waals surface area contributed by atoms with E-state index in [-0.39, 0.29) is 17.0 Å². The summed E-state index contributed by atoms with van der Waals surface area (Å²) in [7, 11) is 0. The molecule has 0 bridgehead atoms. The van der Waals surface area contributed by atoms with E-state index in [2.05, 4.69) is 52.1 Å². The molecule has 0 unspecified atom stereocenters. The summed E-state index contributed by atoms with van der Waals surface area (Å²) in [5.74, 6) is 0.165. The lowest BCUT2D eigenvalue weighted by atomic mass is 10.0. The van der Waals surface area contributed by atoms with Gasteiger partial charge >= 0.3 is 12.1 Å². The van der Waals surface area contributed by atoms with Crippen LogP contribution in [0.25, 0.3) is 21.5 Å². The molecule has 6 aromatic rings. The first kappa shape index (κ1) is 36.3. The van der Waals surface area contributed by atoms with Crippen molar-refractivity contribution in [3.63, 3.8) is 0 Å². The maximum atomic E-state index is 11.6. The number of fused-ring (bicyclic) bond motifs is 2. The fourth-order valence-corrected chi connectivity index (χ4v) is 4.44. The van der Waals surface area contributed by atoms with E-state index in [4.69, 9.17) is 0 Å². The molecule has 0 aliphatic carbocycles. The van der Waals surface area contributed by atoms with Crippen LogP contribution in [-0.2, 0) is 0 Å². The second-order valence-corrected chi connectivity index (χ2v) is 10.1. The second-order valence-electron chi connectivity index (χ2n) is 10.1. The molecule has 2 heterocycles. The number of phenolic OH excluding ortho intramolecular Hbond substituents is 2. The lowest BCUT2D eigenvalue weighted by Crippen LogP contribution is -2.28. The van der Waals surface area contributed by atoms with Gasteiger partial charge < -0.3 is 15.7 Å². The number of carbonyl (C=O) groups is 2. The largest absolute Gasteiger partial charge is 0.507 e. The van der Waals surface area contributed by atoms with Crippen LogP contribution in [0.5, 0.6) is 11.5 Å². The van der Waals surface area contributed by atoms with Gasteiger partial charge in [0.1, 0.15) is 11.5 Å². The molecule has 4 aromatic carbocycles. The first-order chi connectivity index (χ1) is 24.5. The number of hydrazone groups is 4. The summed E-state index contributed by atoms with van der Waals surface area (Å²) in [5, 5.41) is 38.8. The summed E-state index contributed by atoms with van der Waals surface area (Å²) < 4.78 is 0. The van der Waals surface area contributed by atoms with Crippen LogP contribution in [0.1, 0.15) is 22.3 Å². The van der Waals surface area contributed by atoms with Gasteiger partial charge in [-0.25, -0.2) is 31.3 Å². The quantitative estimate of drug-likeness (QED) is 0.101. The van der Waals surface area contributed by atoms with Gasteiger partial charge in [-0.3, -0.25) is 9.97 Å². The molecule has 0 fully saturated rings. The first-order valence-electron chi connectivity index (χ1n) is 14.9. The van der Waals surface area contributed by atoms with E-state index in [1.54, 1.807) is 61.2 Å². The molecule has 2 aromatic heterocycles. The van der Waals surface area contributed by atoms with Gasteiger partial charge in [0.15, 0.2) is 0 Å². The van der Waals surface area contributed by atoms with Crippen LogP contribution in [-0.4, -0.2) is 62.6 Å². The number of pyridine rings is 2. The van der Waals surface area contributed by atoms with Crippen molar-refractivity contribution in [2.75, 3.05) is 0 Å². The van der Waals surface area contributed by atoms with Crippen molar-refractivity contribution in [3.05, 3.63) is 144 Å². The summed E-state index contributed by atoms with van der Waals surface area (Å²) in [6.07, 6.45) is 12.2. The van der Waals surface area contributed by atoms with E-state index in [9.17, 15) is 19.8 Å². The number of hydrogen-bond acceptors (Lipinski definition) is 10. The van der Waals surface area contributed by atoms with Crippen LogP contribution in [0.4, 0.5) is 9.59 Å². The van der Waals surface area contributed by atoms with Crippen molar-refractivity contribution in [2.45, 2.75) is 0 Å². The second kappa shape index (κ2) is 18.7. The predicted molar refractivity (Wildman–Crippen MR) is 197 cm³/mol. The lowest BCUT2D eigenvalue weighted by molar-refractivity contribution is 0.241. The minimum atomic E-state index is -0.601. The number of phenols is 2. The summed E-state index contributed by atoms with van der Waals surface area (Å²) >= 11 is 0. The molecular formula is C36H32N10O5. The average molecular weight is 685 g/mol. The molecule has 4 amide bonds. The minimum Gasteiger partial charge on any atom is -0.507 e. The molecule has 15 nitrogen and oxygen atoms in total. The first-order valence-corrected chi connectivity index (χ1v) is 14.9.